The smallest absolute Gasteiger partial charge is 0.305 e. The minimum Gasteiger partial charge on any atom is -0.469 e. The molecule has 0 aliphatic heterocycles. The first kappa shape index (κ1) is 14.1. The number of ether oxygens (including phenoxy) is 1. The van der Waals surface area contributed by atoms with Crippen LogP contribution in [0.3, 0.4) is 0 Å². The highest BCUT2D eigenvalue weighted by Gasteiger charge is 2.20. The van der Waals surface area contributed by atoms with Crippen molar-refractivity contribution in [2.45, 2.75) is 44.8 Å². The van der Waals surface area contributed by atoms with Crippen molar-refractivity contribution in [3.8, 4) is 0 Å². The maximum Gasteiger partial charge on any atom is 0.305 e. The van der Waals surface area contributed by atoms with E-state index >= 15 is 0 Å². The maximum atomic E-state index is 11.2. The van der Waals surface area contributed by atoms with E-state index in [2.05, 4.69) is 45.1 Å². The molecule has 1 aromatic carbocycles. The predicted molar refractivity (Wildman–Crippen MR) is 83.0 cm³/mol. The van der Waals surface area contributed by atoms with E-state index in [1.165, 1.54) is 36.4 Å². The molecule has 0 saturated heterocycles. The van der Waals surface area contributed by atoms with E-state index in [1.54, 1.807) is 0 Å². The van der Waals surface area contributed by atoms with Crippen LogP contribution in [0.25, 0.3) is 10.9 Å². The van der Waals surface area contributed by atoms with Crippen LogP contribution in [0, 0.1) is 0 Å². The fourth-order valence-electron chi connectivity index (χ4n) is 2.67. The Hall–Kier alpha value is -1.81. The third-order valence-corrected chi connectivity index (χ3v) is 4.07. The lowest BCUT2D eigenvalue weighted by molar-refractivity contribution is -0.140. The van der Waals surface area contributed by atoms with Gasteiger partial charge >= 0.3 is 5.97 Å². The monoisotopic (exact) mass is 286 g/mol. The molecule has 1 saturated carbocycles. The lowest BCUT2D eigenvalue weighted by Gasteiger charge is -2.08. The number of carbonyl (C=O) groups is 1. The van der Waals surface area contributed by atoms with Crippen molar-refractivity contribution in [1.29, 1.82) is 0 Å². The largest absolute Gasteiger partial charge is 0.469 e. The van der Waals surface area contributed by atoms with Crippen molar-refractivity contribution >= 4 is 16.9 Å². The van der Waals surface area contributed by atoms with Crippen molar-refractivity contribution in [3.63, 3.8) is 0 Å². The molecular formula is C17H22N2O2. The lowest BCUT2D eigenvalue weighted by Crippen LogP contribution is -2.15. The molecule has 1 aliphatic rings. The van der Waals surface area contributed by atoms with Gasteiger partial charge in [0.05, 0.1) is 7.11 Å². The summed E-state index contributed by atoms with van der Waals surface area (Å²) in [5, 5.41) is 4.88. The van der Waals surface area contributed by atoms with Crippen molar-refractivity contribution in [3.05, 3.63) is 36.0 Å². The molecule has 112 valence electrons. The molecule has 0 radical (unpaired) electrons. The quantitative estimate of drug-likeness (QED) is 0.796. The number of esters is 1. The van der Waals surface area contributed by atoms with Crippen LogP contribution in [0.5, 0.6) is 0 Å². The summed E-state index contributed by atoms with van der Waals surface area (Å²) in [6.45, 7) is 1.78. The van der Waals surface area contributed by atoms with Gasteiger partial charge < -0.3 is 14.6 Å². The van der Waals surface area contributed by atoms with Crippen LogP contribution in [-0.4, -0.2) is 23.7 Å². The third kappa shape index (κ3) is 3.45. The number of rotatable bonds is 7. The van der Waals surface area contributed by atoms with E-state index in [0.717, 1.165) is 25.6 Å². The first-order valence-corrected chi connectivity index (χ1v) is 7.65. The molecule has 2 aromatic rings. The molecule has 21 heavy (non-hydrogen) atoms. The summed E-state index contributed by atoms with van der Waals surface area (Å²) in [5.74, 6) is -0.138. The summed E-state index contributed by atoms with van der Waals surface area (Å²) in [7, 11) is 1.44. The first-order valence-electron chi connectivity index (χ1n) is 7.65. The highest BCUT2D eigenvalue weighted by molar-refractivity contribution is 5.83. The third-order valence-electron chi connectivity index (χ3n) is 4.07. The SMILES string of the molecule is COC(=O)CCCn1ccc2c(CNC3CC3)cccc21. The number of benzene rings is 1. The van der Waals surface area contributed by atoms with Crippen molar-refractivity contribution in [1.82, 2.24) is 9.88 Å². The standard InChI is InChI=1S/C17H22N2O2/c1-21-17(20)6-3-10-19-11-9-15-13(4-2-5-16(15)19)12-18-14-7-8-14/h2,4-5,9,11,14,18H,3,6-8,10,12H2,1H3. The molecule has 4 heteroatoms. The number of fused-ring (bicyclic) bond motifs is 1. The van der Waals surface area contributed by atoms with Gasteiger partial charge in [-0.3, -0.25) is 4.79 Å². The van der Waals surface area contributed by atoms with Gasteiger partial charge in [-0.15, -0.1) is 0 Å². The second-order valence-corrected chi connectivity index (χ2v) is 5.69. The fourth-order valence-corrected chi connectivity index (χ4v) is 2.67. The fraction of sp³-hybridized carbons (Fsp3) is 0.471. The normalized spacial score (nSPS) is 14.5. The summed E-state index contributed by atoms with van der Waals surface area (Å²) < 4.78 is 6.90. The molecule has 1 N–H and O–H groups in total. The average molecular weight is 286 g/mol. The molecule has 0 spiro atoms. The number of nitrogens with zero attached hydrogens (tertiary/aromatic N) is 1. The topological polar surface area (TPSA) is 43.3 Å². The van der Waals surface area contributed by atoms with Crippen LogP contribution < -0.4 is 5.32 Å². The van der Waals surface area contributed by atoms with E-state index in [4.69, 9.17) is 0 Å². The lowest BCUT2D eigenvalue weighted by atomic mass is 10.1. The Bertz CT molecular complexity index is 629. The minimum absolute atomic E-state index is 0.138. The van der Waals surface area contributed by atoms with Gasteiger partial charge in [0.2, 0.25) is 0 Å². The van der Waals surface area contributed by atoms with Crippen molar-refractivity contribution < 1.29 is 9.53 Å². The Morgan fingerprint density at radius 1 is 1.38 bits per heavy atom. The van der Waals surface area contributed by atoms with E-state index in [9.17, 15) is 4.79 Å². The minimum atomic E-state index is -0.138. The summed E-state index contributed by atoms with van der Waals surface area (Å²) in [6.07, 6.45) is 6.01. The number of carbonyl (C=O) groups excluding carboxylic acids is 1. The van der Waals surface area contributed by atoms with E-state index < -0.39 is 0 Å². The first-order chi connectivity index (χ1) is 10.3. The number of methoxy groups -OCH3 is 1. The summed E-state index contributed by atoms with van der Waals surface area (Å²) in [4.78, 5) is 11.2. The molecule has 3 rings (SSSR count). The molecule has 0 unspecified atom stereocenters. The van der Waals surface area contributed by atoms with Crippen LogP contribution in [0.2, 0.25) is 0 Å². The molecule has 0 atom stereocenters. The average Bonchev–Trinajstić information content (AvgIpc) is 3.25. The maximum absolute atomic E-state index is 11.2. The molecule has 0 bridgehead atoms. The Morgan fingerprint density at radius 3 is 3.00 bits per heavy atom. The second kappa shape index (κ2) is 6.31. The van der Waals surface area contributed by atoms with E-state index in [0.29, 0.717) is 6.42 Å². The molecule has 1 heterocycles. The number of aromatic nitrogens is 1. The van der Waals surface area contributed by atoms with Crippen LogP contribution in [0.15, 0.2) is 30.5 Å². The van der Waals surface area contributed by atoms with Gasteiger partial charge in [0, 0.05) is 42.7 Å². The van der Waals surface area contributed by atoms with Gasteiger partial charge in [0.25, 0.3) is 0 Å². The second-order valence-electron chi connectivity index (χ2n) is 5.69. The zero-order valence-electron chi connectivity index (χ0n) is 12.5. The van der Waals surface area contributed by atoms with E-state index in [-0.39, 0.29) is 5.97 Å². The zero-order valence-corrected chi connectivity index (χ0v) is 12.5. The van der Waals surface area contributed by atoms with Crippen molar-refractivity contribution in [2.24, 2.45) is 0 Å². The van der Waals surface area contributed by atoms with Gasteiger partial charge in [0.15, 0.2) is 0 Å². The van der Waals surface area contributed by atoms with Crippen LogP contribution in [0.4, 0.5) is 0 Å². The van der Waals surface area contributed by atoms with Gasteiger partial charge in [-0.05, 0) is 37.0 Å². The number of hydrogen-bond acceptors (Lipinski definition) is 3. The molecule has 0 amide bonds. The molecule has 4 nitrogen and oxygen atoms in total. The predicted octanol–water partition coefficient (Wildman–Crippen LogP) is 2.85. The molecule has 1 aliphatic carbocycles. The number of nitrogens with one attached hydrogen (secondary N) is 1. The van der Waals surface area contributed by atoms with Gasteiger partial charge in [0.1, 0.15) is 0 Å². The summed E-state index contributed by atoms with van der Waals surface area (Å²) in [6, 6.07) is 9.35. The van der Waals surface area contributed by atoms with Crippen LogP contribution >= 0.6 is 0 Å². The Balaban J connectivity index is 1.68. The molecule has 1 aromatic heterocycles. The van der Waals surface area contributed by atoms with Crippen molar-refractivity contribution in [2.75, 3.05) is 7.11 Å². The van der Waals surface area contributed by atoms with Gasteiger partial charge in [-0.2, -0.15) is 0 Å². The van der Waals surface area contributed by atoms with E-state index in [1.807, 2.05) is 0 Å². The Kier molecular flexibility index (Phi) is 4.25. The highest BCUT2D eigenvalue weighted by Crippen LogP contribution is 2.23. The number of hydrogen-bond donors (Lipinski definition) is 1. The molecule has 1 fully saturated rings. The zero-order chi connectivity index (χ0) is 14.7. The summed E-state index contributed by atoms with van der Waals surface area (Å²) in [5.41, 5.74) is 2.60. The Morgan fingerprint density at radius 2 is 2.24 bits per heavy atom. The van der Waals surface area contributed by atoms with Gasteiger partial charge in [-0.1, -0.05) is 12.1 Å². The number of aryl methyl sites for hydroxylation is 1. The van der Waals surface area contributed by atoms with Crippen LogP contribution in [0.1, 0.15) is 31.2 Å². The van der Waals surface area contributed by atoms with Crippen LogP contribution in [-0.2, 0) is 22.6 Å². The highest BCUT2D eigenvalue weighted by atomic mass is 16.5. The summed E-state index contributed by atoms with van der Waals surface area (Å²) >= 11 is 0. The Labute approximate surface area is 125 Å². The van der Waals surface area contributed by atoms with Gasteiger partial charge in [-0.25, -0.2) is 0 Å². The molecular weight excluding hydrogens is 264 g/mol.